The van der Waals surface area contributed by atoms with Gasteiger partial charge in [-0.3, -0.25) is 0 Å². The van der Waals surface area contributed by atoms with Gasteiger partial charge in [0.15, 0.2) is 0 Å². The molecule has 11 heteroatoms. The van der Waals surface area contributed by atoms with Crippen molar-refractivity contribution in [1.29, 1.82) is 0 Å². The molecule has 0 spiro atoms. The number of aliphatic hydroxyl groups excluding tert-OH is 1. The fourth-order valence-corrected chi connectivity index (χ4v) is 11.8. The molecule has 0 radical (unpaired) electrons. The lowest BCUT2D eigenvalue weighted by molar-refractivity contribution is 0.129. The Bertz CT molecular complexity index is 1480. The average Bonchev–Trinajstić information content (AvgIpc) is 1.43. The minimum atomic E-state index is 0. The van der Waals surface area contributed by atoms with Crippen LogP contribution in [-0.2, 0) is 6.54 Å². The maximum atomic E-state index is 8.32. The Morgan fingerprint density at radius 3 is 1.16 bits per heavy atom. The minimum absolute atomic E-state index is 0. The van der Waals surface area contributed by atoms with Crippen molar-refractivity contribution in [3.63, 3.8) is 0 Å². The summed E-state index contributed by atoms with van der Waals surface area (Å²) < 4.78 is 2.13. The van der Waals surface area contributed by atoms with E-state index in [0.29, 0.717) is 6.61 Å². The quantitative estimate of drug-likeness (QED) is 0.0354. The van der Waals surface area contributed by atoms with Crippen molar-refractivity contribution in [2.75, 3.05) is 132 Å². The molecule has 4 rings (SSSR count). The molecule has 3 heterocycles. The number of nitrogens with zero attached hydrogens (tertiary/aromatic N) is 5. The van der Waals surface area contributed by atoms with Crippen molar-refractivity contribution in [1.82, 2.24) is 50.8 Å². The van der Waals surface area contributed by atoms with E-state index in [1.807, 2.05) is 39.9 Å². The molecule has 2 saturated heterocycles. The third kappa shape index (κ3) is 105. The molecule has 1 aromatic rings. The minimum Gasteiger partial charge on any atom is -0.396 e. The van der Waals surface area contributed by atoms with Gasteiger partial charge in [0.25, 0.3) is 0 Å². The molecular formula is C89H198N10O. The number of likely N-dealkylation sites (N-methyl/N-ethyl adjacent to an activating group) is 2. The van der Waals surface area contributed by atoms with Crippen LogP contribution >= 0.6 is 0 Å². The first-order chi connectivity index (χ1) is 47.1. The van der Waals surface area contributed by atoms with Crippen molar-refractivity contribution in [3.8, 4) is 0 Å². The largest absolute Gasteiger partial charge is 0.396 e. The summed E-state index contributed by atoms with van der Waals surface area (Å²) in [5.74, 6) is 10.7. The Hall–Kier alpha value is -1.15. The number of aliphatic hydroxyl groups is 1. The second kappa shape index (κ2) is 88.5. The zero-order valence-corrected chi connectivity index (χ0v) is 73.4. The first kappa shape index (κ1) is 112. The molecule has 2 aliphatic heterocycles. The molecule has 1 aliphatic carbocycles. The summed E-state index contributed by atoms with van der Waals surface area (Å²) in [6.07, 6.45) is 43.8. The molecule has 0 bridgehead atoms. The number of aromatic nitrogens is 2. The number of piperazine rings is 1. The van der Waals surface area contributed by atoms with E-state index in [1.54, 1.807) is 0 Å². The Balaban J connectivity index is -0.000000195. The van der Waals surface area contributed by atoms with Crippen LogP contribution in [0.25, 0.3) is 0 Å². The van der Waals surface area contributed by atoms with Crippen molar-refractivity contribution in [3.05, 3.63) is 18.7 Å². The first-order valence-corrected chi connectivity index (χ1v) is 43.2. The van der Waals surface area contributed by atoms with Gasteiger partial charge in [-0.2, -0.15) is 0 Å². The zero-order valence-electron chi connectivity index (χ0n) is 73.4. The van der Waals surface area contributed by atoms with Gasteiger partial charge >= 0.3 is 0 Å². The van der Waals surface area contributed by atoms with Gasteiger partial charge in [0.2, 0.25) is 0 Å². The van der Waals surface area contributed by atoms with Crippen LogP contribution in [0, 0.1) is 71.0 Å². The summed E-state index contributed by atoms with van der Waals surface area (Å²) in [4.78, 5) is 11.8. The van der Waals surface area contributed by atoms with Gasteiger partial charge in [-0.1, -0.05) is 257 Å². The number of piperidine rings is 1. The number of rotatable bonds is 43. The molecule has 0 amide bonds. The molecular weight excluding hydrogens is 1230 g/mol. The van der Waals surface area contributed by atoms with Crippen LogP contribution in [0.15, 0.2) is 18.7 Å². The maximum absolute atomic E-state index is 8.32. The van der Waals surface area contributed by atoms with Crippen molar-refractivity contribution >= 4 is 0 Å². The molecule has 6 N–H and O–H groups in total. The van der Waals surface area contributed by atoms with Gasteiger partial charge in [-0.05, 0) is 241 Å². The summed E-state index contributed by atoms with van der Waals surface area (Å²) in [6, 6.07) is 0. The molecule has 3 aliphatic rings. The lowest BCUT2D eigenvalue weighted by Crippen LogP contribution is -2.46. The number of unbranched alkanes of at least 4 members (excludes halogenated alkanes) is 4. The van der Waals surface area contributed by atoms with Gasteiger partial charge in [-0.25, -0.2) is 4.98 Å². The molecule has 1 saturated carbocycles. The molecule has 3 fully saturated rings. The summed E-state index contributed by atoms with van der Waals surface area (Å²) in [7, 11) is 6.01. The molecule has 0 aromatic carbocycles. The summed E-state index contributed by atoms with van der Waals surface area (Å²) in [5.41, 5.74) is 0. The Morgan fingerprint density at radius 2 is 0.810 bits per heavy atom. The SMILES string of the molecule is C.CC(C)CC1CCCC1.CC(C)CC1CCNCC1.CC(C)CCCO.CC(C)CCCn1ccnc1.CCCC(C)C.CCCCC(C)C.CCCCN1CCN(CCCC(C)C)CC1.CCCCNCCCCC(C)C.CNCCC(C)C.CNCCN(CCNC)CCC(C)C. The van der Waals surface area contributed by atoms with Gasteiger partial charge in [0, 0.05) is 77.9 Å². The smallest absolute Gasteiger partial charge is 0.0945 e. The van der Waals surface area contributed by atoms with Crippen LogP contribution < -0.4 is 26.6 Å². The van der Waals surface area contributed by atoms with E-state index >= 15 is 0 Å². The van der Waals surface area contributed by atoms with Gasteiger partial charge in [0.05, 0.1) is 6.33 Å². The highest BCUT2D eigenvalue weighted by Crippen LogP contribution is 2.30. The normalized spacial score (nSPS) is 14.2. The standard InChI is InChI=1S/C14H30N2.C11H27N3.C11H25N.C9H16N2.C9H19N.C9H18.C7H16.C6H15N.C6H14O.C6H14.CH4/c1-4-5-8-15-10-12-16(13-11-15)9-6-7-14(2)3;1-11(2)5-8-14(9-6-12-3)10-7-13-4;1-4-5-9-12-10-7-6-8-11(2)3;1-9(2)4-3-6-11-7-5-10-8-11;1-8(2)7-9-3-5-10-6-4-9;1-8(2)7-9-5-3-4-6-9;1-4-5-6-7(2)3;1-6(2)4-5-7-3;1-6(2)4-3-5-7;1-4-5-6(2)3;/h14H,4-13H2,1-3H3;11-13H,5-10H2,1-4H3;11-12H,4-10H2,1-3H3;5,7-9H,3-4,6H2,1-2H3;8-10H,3-7H2,1-2H3;8-9H,3-7H2,1-2H3;7H,4-6H2,1-3H3;6-7H,4-5H2,1-3H3;6-7H,3-5H2,1-2H3;6H,4-5H2,1-3H3;1H4. The Kier molecular flexibility index (Phi) is 99.3. The van der Waals surface area contributed by atoms with E-state index in [2.05, 4.69) is 217 Å². The highest BCUT2D eigenvalue weighted by molar-refractivity contribution is 4.75. The molecule has 100 heavy (non-hydrogen) atoms. The van der Waals surface area contributed by atoms with Gasteiger partial charge < -0.3 is 51.0 Å². The lowest BCUT2D eigenvalue weighted by atomic mass is 9.89. The van der Waals surface area contributed by atoms with E-state index < -0.39 is 0 Å². The average molecular weight is 1420 g/mol. The summed E-state index contributed by atoms with van der Waals surface area (Å²) in [5, 5.41) is 24.7. The van der Waals surface area contributed by atoms with Crippen LogP contribution in [0.1, 0.15) is 353 Å². The van der Waals surface area contributed by atoms with Crippen LogP contribution in [0.2, 0.25) is 0 Å². The predicted octanol–water partition coefficient (Wildman–Crippen LogP) is 23.0. The molecule has 1 aromatic heterocycles. The summed E-state index contributed by atoms with van der Waals surface area (Å²) in [6.45, 7) is 75.5. The van der Waals surface area contributed by atoms with Crippen LogP contribution in [0.5, 0.6) is 0 Å². The lowest BCUT2D eigenvalue weighted by Gasteiger charge is -2.34. The van der Waals surface area contributed by atoms with Crippen LogP contribution in [-0.4, -0.2) is 162 Å². The first-order valence-electron chi connectivity index (χ1n) is 43.2. The molecule has 11 nitrogen and oxygen atoms in total. The fourth-order valence-electron chi connectivity index (χ4n) is 11.8. The Morgan fingerprint density at radius 1 is 0.410 bits per heavy atom. The summed E-state index contributed by atoms with van der Waals surface area (Å²) >= 11 is 0. The van der Waals surface area contributed by atoms with E-state index in [0.717, 1.165) is 123 Å². The van der Waals surface area contributed by atoms with Crippen molar-refractivity contribution < 1.29 is 5.11 Å². The van der Waals surface area contributed by atoms with Gasteiger partial charge in [0.1, 0.15) is 0 Å². The second-order valence-corrected chi connectivity index (χ2v) is 34.0. The van der Waals surface area contributed by atoms with E-state index in [4.69, 9.17) is 5.11 Å². The zero-order chi connectivity index (χ0) is 76.1. The number of aryl methyl sites for hydroxylation is 1. The third-order valence-electron chi connectivity index (χ3n) is 18.2. The number of nitrogens with one attached hydrogen (secondary N) is 5. The van der Waals surface area contributed by atoms with E-state index in [-0.39, 0.29) is 7.43 Å². The predicted molar refractivity (Wildman–Crippen MR) is 460 cm³/mol. The highest BCUT2D eigenvalue weighted by Gasteiger charge is 2.17. The number of hydrogen-bond donors (Lipinski definition) is 6. The fraction of sp³-hybridized carbons (Fsp3) is 0.966. The van der Waals surface area contributed by atoms with Crippen molar-refractivity contribution in [2.45, 2.75) is 360 Å². The Labute approximate surface area is 634 Å². The molecule has 0 unspecified atom stereocenters. The van der Waals surface area contributed by atoms with E-state index in [1.165, 1.54) is 239 Å². The van der Waals surface area contributed by atoms with E-state index in [9.17, 15) is 0 Å². The monoisotopic (exact) mass is 1420 g/mol. The topological polar surface area (TPSA) is 108 Å². The van der Waals surface area contributed by atoms with Gasteiger partial charge in [-0.15, -0.1) is 0 Å². The maximum Gasteiger partial charge on any atom is 0.0945 e. The van der Waals surface area contributed by atoms with Crippen molar-refractivity contribution in [2.24, 2.45) is 71.0 Å². The second-order valence-electron chi connectivity index (χ2n) is 34.0. The number of hydrogen-bond acceptors (Lipinski definition) is 10. The number of imidazole rings is 1. The molecule has 610 valence electrons. The molecule has 0 atom stereocenters. The van der Waals surface area contributed by atoms with Crippen LogP contribution in [0.4, 0.5) is 0 Å². The van der Waals surface area contributed by atoms with Crippen LogP contribution in [0.3, 0.4) is 0 Å². The third-order valence-corrected chi connectivity index (χ3v) is 18.2. The highest BCUT2D eigenvalue weighted by atomic mass is 16.3.